The van der Waals surface area contributed by atoms with Crippen molar-refractivity contribution in [3.8, 4) is 0 Å². The van der Waals surface area contributed by atoms with Crippen molar-refractivity contribution in [2.24, 2.45) is 0 Å². The van der Waals surface area contributed by atoms with Gasteiger partial charge in [-0.1, -0.05) is 18.2 Å². The van der Waals surface area contributed by atoms with Gasteiger partial charge in [0.05, 0.1) is 9.82 Å². The van der Waals surface area contributed by atoms with Crippen molar-refractivity contribution < 1.29 is 13.3 Å². The minimum absolute atomic E-state index is 0.141. The first-order valence-corrected chi connectivity index (χ1v) is 10.1. The molecule has 0 aromatic heterocycles. The number of likely N-dealkylation sites (N-methyl/N-ethyl adjacent to an activating group) is 1. The van der Waals surface area contributed by atoms with Crippen LogP contribution in [0.1, 0.15) is 5.56 Å². The minimum Gasteiger partial charge on any atom is -0.304 e. The van der Waals surface area contributed by atoms with Crippen LogP contribution in [-0.4, -0.2) is 56.4 Å². The summed E-state index contributed by atoms with van der Waals surface area (Å²) in [5.41, 5.74) is 1.27. The van der Waals surface area contributed by atoms with Gasteiger partial charge in [0.2, 0.25) is 0 Å². The number of nitro groups is 1. The predicted molar refractivity (Wildman–Crippen MR) is 103 cm³/mol. The average Bonchev–Trinajstić information content (AvgIpc) is 2.65. The molecule has 1 aliphatic heterocycles. The van der Waals surface area contributed by atoms with E-state index in [1.54, 1.807) is 12.1 Å². The smallest absolute Gasteiger partial charge is 0.270 e. The molecule has 0 bridgehead atoms. The molecule has 0 atom stereocenters. The summed E-state index contributed by atoms with van der Waals surface area (Å²) in [6, 6.07) is 12.2. The second-order valence-electron chi connectivity index (χ2n) is 6.64. The number of hydrogen-bond acceptors (Lipinski definition) is 6. The maximum Gasteiger partial charge on any atom is 0.270 e. The van der Waals surface area contributed by atoms with Crippen molar-refractivity contribution in [3.05, 3.63) is 64.2 Å². The third kappa shape index (κ3) is 5.03. The van der Waals surface area contributed by atoms with E-state index in [0.717, 1.165) is 44.4 Å². The first kappa shape index (κ1) is 19.3. The topological polar surface area (TPSA) is 95.8 Å². The van der Waals surface area contributed by atoms with E-state index in [1.807, 2.05) is 12.1 Å². The maximum absolute atomic E-state index is 12.5. The molecule has 1 aliphatic rings. The van der Waals surface area contributed by atoms with Crippen molar-refractivity contribution in [1.82, 2.24) is 9.80 Å². The number of non-ortho nitro benzene ring substituents is 1. The van der Waals surface area contributed by atoms with Crippen molar-refractivity contribution >= 4 is 21.4 Å². The van der Waals surface area contributed by atoms with Crippen molar-refractivity contribution in [1.29, 1.82) is 0 Å². The van der Waals surface area contributed by atoms with Gasteiger partial charge < -0.3 is 4.90 Å². The van der Waals surface area contributed by atoms with Crippen LogP contribution in [0.4, 0.5) is 11.4 Å². The van der Waals surface area contributed by atoms with Gasteiger partial charge in [0.15, 0.2) is 0 Å². The fourth-order valence-corrected chi connectivity index (χ4v) is 4.02. The Balaban J connectivity index is 1.67. The molecule has 0 spiro atoms. The van der Waals surface area contributed by atoms with Gasteiger partial charge >= 0.3 is 0 Å². The average molecular weight is 390 g/mol. The molecule has 9 heteroatoms. The number of piperazine rings is 1. The van der Waals surface area contributed by atoms with E-state index < -0.39 is 14.9 Å². The Morgan fingerprint density at radius 3 is 2.37 bits per heavy atom. The first-order valence-electron chi connectivity index (χ1n) is 8.60. The zero-order valence-electron chi connectivity index (χ0n) is 15.0. The second-order valence-corrected chi connectivity index (χ2v) is 8.32. The number of nitrogens with zero attached hydrogens (tertiary/aromatic N) is 3. The number of rotatable bonds is 6. The fraction of sp³-hybridized carbons (Fsp3) is 0.333. The van der Waals surface area contributed by atoms with E-state index >= 15 is 0 Å². The van der Waals surface area contributed by atoms with Crippen molar-refractivity contribution in [2.45, 2.75) is 11.4 Å². The standard InChI is InChI=1S/C18H22N4O4S/c1-20-9-11-21(12-10-20)14-15-5-7-16(8-6-15)19-27(25,26)18-4-2-3-17(13-18)22(23)24/h2-8,13,19H,9-12,14H2,1H3. The molecule has 1 heterocycles. The Kier molecular flexibility index (Phi) is 5.73. The number of anilines is 1. The molecule has 8 nitrogen and oxygen atoms in total. The second kappa shape index (κ2) is 8.03. The SMILES string of the molecule is CN1CCN(Cc2ccc(NS(=O)(=O)c3cccc([N+](=O)[O-])c3)cc2)CC1. The van der Waals surface area contributed by atoms with E-state index in [0.29, 0.717) is 5.69 Å². The molecule has 0 saturated carbocycles. The van der Waals surface area contributed by atoms with Crippen LogP contribution >= 0.6 is 0 Å². The lowest BCUT2D eigenvalue weighted by molar-refractivity contribution is -0.385. The van der Waals surface area contributed by atoms with Gasteiger partial charge in [0.25, 0.3) is 15.7 Å². The molecular formula is C18H22N4O4S. The van der Waals surface area contributed by atoms with Gasteiger partial charge in [0, 0.05) is 50.5 Å². The summed E-state index contributed by atoms with van der Waals surface area (Å²) in [7, 11) is -1.78. The largest absolute Gasteiger partial charge is 0.304 e. The summed E-state index contributed by atoms with van der Waals surface area (Å²) in [6.45, 7) is 4.93. The number of nitro benzene ring substituents is 1. The molecule has 0 radical (unpaired) electrons. The van der Waals surface area contributed by atoms with Crippen LogP contribution in [0.3, 0.4) is 0 Å². The lowest BCUT2D eigenvalue weighted by atomic mass is 10.2. The van der Waals surface area contributed by atoms with Gasteiger partial charge in [-0.05, 0) is 30.8 Å². The van der Waals surface area contributed by atoms with Crippen LogP contribution in [0.5, 0.6) is 0 Å². The van der Waals surface area contributed by atoms with Crippen LogP contribution in [0, 0.1) is 10.1 Å². The lowest BCUT2D eigenvalue weighted by Crippen LogP contribution is -2.43. The number of nitrogens with one attached hydrogen (secondary N) is 1. The summed E-state index contributed by atoms with van der Waals surface area (Å²) in [6.07, 6.45) is 0. The highest BCUT2D eigenvalue weighted by Crippen LogP contribution is 2.21. The molecule has 0 amide bonds. The zero-order chi connectivity index (χ0) is 19.4. The number of hydrogen-bond donors (Lipinski definition) is 1. The van der Waals surface area contributed by atoms with E-state index in [9.17, 15) is 18.5 Å². The monoisotopic (exact) mass is 390 g/mol. The van der Waals surface area contributed by atoms with E-state index in [-0.39, 0.29) is 10.6 Å². The molecule has 2 aromatic carbocycles. The van der Waals surface area contributed by atoms with Crippen LogP contribution in [0.2, 0.25) is 0 Å². The number of benzene rings is 2. The molecule has 3 rings (SSSR count). The molecule has 1 N–H and O–H groups in total. The fourth-order valence-electron chi connectivity index (χ4n) is 2.92. The quantitative estimate of drug-likeness (QED) is 0.600. The Hall–Kier alpha value is -2.49. The molecule has 27 heavy (non-hydrogen) atoms. The highest BCUT2D eigenvalue weighted by molar-refractivity contribution is 7.92. The van der Waals surface area contributed by atoms with E-state index in [4.69, 9.17) is 0 Å². The van der Waals surface area contributed by atoms with Gasteiger partial charge in [-0.2, -0.15) is 0 Å². The highest BCUT2D eigenvalue weighted by Gasteiger charge is 2.18. The Morgan fingerprint density at radius 1 is 1.07 bits per heavy atom. The highest BCUT2D eigenvalue weighted by atomic mass is 32.2. The summed E-state index contributed by atoms with van der Waals surface area (Å²) in [4.78, 5) is 14.7. The van der Waals surface area contributed by atoms with Crippen LogP contribution < -0.4 is 4.72 Å². The van der Waals surface area contributed by atoms with Gasteiger partial charge in [-0.15, -0.1) is 0 Å². The summed E-state index contributed by atoms with van der Waals surface area (Å²) < 4.78 is 27.4. The Labute approximate surface area is 158 Å². The zero-order valence-corrected chi connectivity index (χ0v) is 15.9. The van der Waals surface area contributed by atoms with Crippen molar-refractivity contribution in [2.75, 3.05) is 37.9 Å². The number of sulfonamides is 1. The molecular weight excluding hydrogens is 368 g/mol. The Morgan fingerprint density at radius 2 is 1.74 bits per heavy atom. The summed E-state index contributed by atoms with van der Waals surface area (Å²) in [5, 5.41) is 10.8. The maximum atomic E-state index is 12.5. The van der Waals surface area contributed by atoms with E-state index in [2.05, 4.69) is 21.6 Å². The van der Waals surface area contributed by atoms with Gasteiger partial charge in [-0.3, -0.25) is 19.7 Å². The molecule has 1 saturated heterocycles. The Bertz CT molecular complexity index is 907. The van der Waals surface area contributed by atoms with Gasteiger partial charge in [0.1, 0.15) is 0 Å². The molecule has 0 unspecified atom stereocenters. The normalized spacial score (nSPS) is 16.2. The van der Waals surface area contributed by atoms with Crippen LogP contribution in [0.15, 0.2) is 53.4 Å². The molecule has 1 fully saturated rings. The predicted octanol–water partition coefficient (Wildman–Crippen LogP) is 2.14. The van der Waals surface area contributed by atoms with Crippen LogP contribution in [0.25, 0.3) is 0 Å². The molecule has 2 aromatic rings. The third-order valence-corrected chi connectivity index (χ3v) is 5.93. The van der Waals surface area contributed by atoms with E-state index in [1.165, 1.54) is 18.2 Å². The first-order chi connectivity index (χ1) is 12.8. The molecule has 144 valence electrons. The lowest BCUT2D eigenvalue weighted by Gasteiger charge is -2.32. The van der Waals surface area contributed by atoms with Crippen molar-refractivity contribution in [3.63, 3.8) is 0 Å². The van der Waals surface area contributed by atoms with Crippen LogP contribution in [-0.2, 0) is 16.6 Å². The summed E-state index contributed by atoms with van der Waals surface area (Å²) in [5.74, 6) is 0. The third-order valence-electron chi connectivity index (χ3n) is 4.55. The van der Waals surface area contributed by atoms with Gasteiger partial charge in [-0.25, -0.2) is 8.42 Å². The summed E-state index contributed by atoms with van der Waals surface area (Å²) >= 11 is 0. The molecule has 0 aliphatic carbocycles. The minimum atomic E-state index is -3.89.